The predicted octanol–water partition coefficient (Wildman–Crippen LogP) is 3.74. The third-order valence-electron chi connectivity index (χ3n) is 16.0. The van der Waals surface area contributed by atoms with Crippen molar-refractivity contribution in [3.05, 3.63) is 58.1 Å². The maximum atomic E-state index is 14.1. The highest BCUT2D eigenvalue weighted by Crippen LogP contribution is 2.46. The van der Waals surface area contributed by atoms with Crippen LogP contribution in [0.15, 0.2) is 30.3 Å². The lowest BCUT2D eigenvalue weighted by Gasteiger charge is -2.45. The van der Waals surface area contributed by atoms with Gasteiger partial charge in [-0.1, -0.05) is 6.07 Å². The van der Waals surface area contributed by atoms with Crippen LogP contribution in [0.5, 0.6) is 23.0 Å². The fraction of sp³-hybridized carbons (Fsp3) is 0.673. The lowest BCUT2D eigenvalue weighted by Crippen LogP contribution is -2.56. The number of carbonyl (C=O) groups is 2. The summed E-state index contributed by atoms with van der Waals surface area (Å²) in [6.45, 7) is 12.3. The van der Waals surface area contributed by atoms with E-state index in [1.807, 2.05) is 6.92 Å². The van der Waals surface area contributed by atoms with Crippen molar-refractivity contribution in [2.24, 2.45) is 0 Å². The molecule has 0 unspecified atom stereocenters. The maximum absolute atomic E-state index is 14.1. The molecular weight excluding hydrogens is 1010 g/mol. The normalized spacial score (nSPS) is 40.7. The molecule has 6 heterocycles. The summed E-state index contributed by atoms with van der Waals surface area (Å²) in [5, 5.41) is 87.9. The molecule has 6 aliphatic heterocycles. The number of phenols is 3. The second-order valence-electron chi connectivity index (χ2n) is 21.8. The maximum Gasteiger partial charge on any atom is 0.202 e. The van der Waals surface area contributed by atoms with E-state index in [1.54, 1.807) is 53.7 Å². The number of hydrogen-bond donors (Lipinski definition) is 8. The number of aromatic hydroxyl groups is 3. The molecule has 77 heavy (non-hydrogen) atoms. The van der Waals surface area contributed by atoms with Crippen molar-refractivity contribution < 1.29 is 107 Å². The molecule has 0 aromatic heterocycles. The Morgan fingerprint density at radius 2 is 0.896 bits per heavy atom. The molecule has 7 aliphatic rings. The van der Waals surface area contributed by atoms with Crippen LogP contribution in [0, 0.1) is 6.92 Å². The van der Waals surface area contributed by atoms with E-state index in [0.29, 0.717) is 36.6 Å². The average Bonchev–Trinajstić information content (AvgIpc) is 3.43. The summed E-state index contributed by atoms with van der Waals surface area (Å²) < 4.78 is 74.5. The summed E-state index contributed by atoms with van der Waals surface area (Å²) in [6, 6.07) is 6.84. The molecule has 22 atom stereocenters. The number of ketones is 2. The third-order valence-corrected chi connectivity index (χ3v) is 16.0. The molecule has 3 aromatic rings. The number of aryl methyl sites for hydroxylation is 1. The Morgan fingerprint density at radius 1 is 0.442 bits per heavy atom. The summed E-state index contributed by atoms with van der Waals surface area (Å²) in [6.07, 6.45) is -14.5. The molecule has 0 radical (unpaired) electrons. The highest BCUT2D eigenvalue weighted by atomic mass is 16.8. The average molecular weight is 1090 g/mol. The van der Waals surface area contributed by atoms with Crippen molar-refractivity contribution in [1.29, 1.82) is 0 Å². The van der Waals surface area contributed by atoms with E-state index < -0.39 is 175 Å². The fourth-order valence-electron chi connectivity index (χ4n) is 11.9. The van der Waals surface area contributed by atoms with Gasteiger partial charge in [0.1, 0.15) is 47.4 Å². The van der Waals surface area contributed by atoms with Gasteiger partial charge in [-0.05, 0) is 96.5 Å². The van der Waals surface area contributed by atoms with Crippen LogP contribution in [0.2, 0.25) is 0 Å². The van der Waals surface area contributed by atoms with Crippen molar-refractivity contribution in [3.8, 4) is 23.0 Å². The van der Waals surface area contributed by atoms with Crippen LogP contribution in [0.1, 0.15) is 130 Å². The van der Waals surface area contributed by atoms with E-state index in [-0.39, 0.29) is 47.9 Å². The molecule has 0 saturated carbocycles. The fourth-order valence-corrected chi connectivity index (χ4v) is 11.9. The van der Waals surface area contributed by atoms with Gasteiger partial charge in [0.15, 0.2) is 37.2 Å². The summed E-state index contributed by atoms with van der Waals surface area (Å²) in [4.78, 5) is 27.9. The topological polar surface area (TPSA) is 307 Å². The smallest absolute Gasteiger partial charge is 0.202 e. The first-order valence-corrected chi connectivity index (χ1v) is 26.8. The molecule has 22 nitrogen and oxygen atoms in total. The quantitative estimate of drug-likeness (QED) is 0.0937. The van der Waals surface area contributed by atoms with Crippen LogP contribution in [0.25, 0.3) is 10.8 Å². The van der Waals surface area contributed by atoms with Crippen molar-refractivity contribution in [2.75, 3.05) is 0 Å². The van der Waals surface area contributed by atoms with Crippen LogP contribution in [0.4, 0.5) is 0 Å². The summed E-state index contributed by atoms with van der Waals surface area (Å²) >= 11 is 0. The molecule has 1 aliphatic carbocycles. The SMILES string of the molecule is Cc1cc(O[C@H]2C[C@@H](O)[C@H](O[C@H]3C[C@@H](O[C@H]4CC[C@H](O[C@H]5C[C@@H](O)[C@H](O[C@H]6C[C@@H](O[C@H]7CC[C@H](O)[C@H](C)O7)[C@H](O)[C@@H](C)O6)[C@@H](C)O5)[C@H](C)O4)[C@H](O)[C@@H](C)O3)[C@@H](C)O2)c2c3c(c(O)cc2c1)C(=O)c1c(O)ccc(O)c1C3=O. The zero-order valence-corrected chi connectivity index (χ0v) is 44.0. The van der Waals surface area contributed by atoms with E-state index in [4.69, 9.17) is 56.8 Å². The molecule has 3 aromatic carbocycles. The Kier molecular flexibility index (Phi) is 16.6. The van der Waals surface area contributed by atoms with Crippen LogP contribution >= 0.6 is 0 Å². The van der Waals surface area contributed by atoms with Gasteiger partial charge in [0, 0.05) is 49.5 Å². The lowest BCUT2D eigenvalue weighted by atomic mass is 9.80. The molecule has 0 bridgehead atoms. The van der Waals surface area contributed by atoms with Gasteiger partial charge >= 0.3 is 0 Å². The second kappa shape index (κ2) is 22.8. The summed E-state index contributed by atoms with van der Waals surface area (Å²) in [5.74, 6) is -3.09. The minimum Gasteiger partial charge on any atom is -0.507 e. The largest absolute Gasteiger partial charge is 0.507 e. The van der Waals surface area contributed by atoms with Gasteiger partial charge in [-0.25, -0.2) is 0 Å². The summed E-state index contributed by atoms with van der Waals surface area (Å²) in [5.41, 5.74) is -0.725. The molecule has 10 rings (SSSR count). The summed E-state index contributed by atoms with van der Waals surface area (Å²) in [7, 11) is 0. The van der Waals surface area contributed by atoms with E-state index >= 15 is 0 Å². The van der Waals surface area contributed by atoms with Crippen molar-refractivity contribution in [1.82, 2.24) is 0 Å². The minimum atomic E-state index is -1.16. The highest BCUT2D eigenvalue weighted by molar-refractivity contribution is 6.35. The first-order chi connectivity index (χ1) is 36.6. The first kappa shape index (κ1) is 56.1. The zero-order valence-electron chi connectivity index (χ0n) is 44.0. The number of aliphatic hydroxyl groups excluding tert-OH is 5. The molecule has 0 spiro atoms. The van der Waals surface area contributed by atoms with Crippen LogP contribution in [0.3, 0.4) is 0 Å². The molecule has 6 fully saturated rings. The number of aliphatic hydroxyl groups is 5. The van der Waals surface area contributed by atoms with E-state index in [2.05, 4.69) is 0 Å². The van der Waals surface area contributed by atoms with Crippen molar-refractivity contribution in [2.45, 2.75) is 235 Å². The second-order valence-corrected chi connectivity index (χ2v) is 21.8. The van der Waals surface area contributed by atoms with Gasteiger partial charge in [-0.3, -0.25) is 9.59 Å². The Hall–Kier alpha value is -4.18. The van der Waals surface area contributed by atoms with Gasteiger partial charge in [-0.15, -0.1) is 0 Å². The first-order valence-electron chi connectivity index (χ1n) is 26.8. The zero-order chi connectivity index (χ0) is 54.9. The number of hydrogen-bond acceptors (Lipinski definition) is 22. The highest BCUT2D eigenvalue weighted by Gasteiger charge is 2.48. The molecule has 0 amide bonds. The Balaban J connectivity index is 0.712. The Labute approximate surface area is 444 Å². The molecule has 6 saturated heterocycles. The van der Waals surface area contributed by atoms with Crippen molar-refractivity contribution >= 4 is 22.3 Å². The van der Waals surface area contributed by atoms with E-state index in [0.717, 1.165) is 12.1 Å². The number of rotatable bonds is 12. The van der Waals surface area contributed by atoms with Crippen LogP contribution in [-0.4, -0.2) is 188 Å². The van der Waals surface area contributed by atoms with Crippen LogP contribution in [-0.2, 0) is 52.1 Å². The number of phenolic OH excluding ortho intramolecular Hbond substituents is 3. The molecular formula is C55H72O22. The minimum absolute atomic E-state index is 0.0825. The molecule has 424 valence electrons. The monoisotopic (exact) mass is 1080 g/mol. The van der Waals surface area contributed by atoms with Gasteiger partial charge in [0.25, 0.3) is 0 Å². The molecule has 8 N–H and O–H groups in total. The van der Waals surface area contributed by atoms with E-state index in [1.165, 1.54) is 6.07 Å². The van der Waals surface area contributed by atoms with Crippen molar-refractivity contribution in [3.63, 3.8) is 0 Å². The number of benzene rings is 3. The Bertz CT molecular complexity index is 2610. The lowest BCUT2D eigenvalue weighted by molar-refractivity contribution is -0.340. The molecule has 22 heteroatoms. The van der Waals surface area contributed by atoms with Gasteiger partial charge < -0.3 is 97.7 Å². The van der Waals surface area contributed by atoms with Gasteiger partial charge in [-0.2, -0.15) is 0 Å². The standard InChI is InChI=1S/C55H72O22/c1-21-14-28-16-32(59)48-49(53(65)47-31(58)9-8-30(57)46(47)52(48)64)45(28)36(15-21)73-42-18-34(61)55(27(7)71-42)77-44-20-38(51(63)25(5)69-44)75-40-13-11-35(23(3)67-40)72-41-17-33(60)54(26(6)70-41)76-43-19-37(50(62)24(4)68-43)74-39-12-10-29(56)22(2)66-39/h8-9,14-16,22-27,29,33-35,37-44,50-51,54-63H,10-13,17-20H2,1-7H3/t22-,23-,24+,25+,26+,27+,29-,33+,34+,35-,37+,38+,39-,40-,41-,42-,43-,44-,50+,51+,54+,55+/m0/s1. The predicted molar refractivity (Wildman–Crippen MR) is 265 cm³/mol. The Morgan fingerprint density at radius 3 is 1.44 bits per heavy atom. The number of ether oxygens (including phenoxy) is 12. The third kappa shape index (κ3) is 11.5. The number of carbonyl (C=O) groups excluding carboxylic acids is 2. The van der Waals surface area contributed by atoms with Gasteiger partial charge in [0.05, 0.1) is 89.9 Å². The van der Waals surface area contributed by atoms with Gasteiger partial charge in [0.2, 0.25) is 12.1 Å². The number of fused-ring (bicyclic) bond motifs is 4. The van der Waals surface area contributed by atoms with Crippen LogP contribution < -0.4 is 4.74 Å². The van der Waals surface area contributed by atoms with E-state index in [9.17, 15) is 50.4 Å².